The van der Waals surface area contributed by atoms with Crippen LogP contribution in [0.2, 0.25) is 0 Å². The van der Waals surface area contributed by atoms with Crippen LogP contribution in [0.1, 0.15) is 21.9 Å². The molecular formula is C16H18N2O2S. The zero-order valence-electron chi connectivity index (χ0n) is 11.8. The average Bonchev–Trinajstić information content (AvgIpc) is 3.22. The number of fused-ring (bicyclic) bond motifs is 2. The van der Waals surface area contributed by atoms with Gasteiger partial charge >= 0.3 is 0 Å². The molecule has 2 saturated heterocycles. The number of nitrogens with zero attached hydrogens (tertiary/aromatic N) is 2. The maximum atomic E-state index is 12.4. The van der Waals surface area contributed by atoms with Gasteiger partial charge in [-0.3, -0.25) is 9.69 Å². The SMILES string of the molecule is O=C(c1ccco1)N1CC2CC(C1)N(Cc1cccs1)C2. The molecule has 4 nitrogen and oxygen atoms in total. The molecule has 0 spiro atoms. The quantitative estimate of drug-likeness (QED) is 0.874. The molecule has 4 heterocycles. The minimum atomic E-state index is 0.0349. The first-order valence-corrected chi connectivity index (χ1v) is 8.27. The summed E-state index contributed by atoms with van der Waals surface area (Å²) in [6.45, 7) is 3.80. The maximum absolute atomic E-state index is 12.4. The van der Waals surface area contributed by atoms with Crippen molar-refractivity contribution >= 4 is 17.2 Å². The fraction of sp³-hybridized carbons (Fsp3) is 0.438. The van der Waals surface area contributed by atoms with Gasteiger partial charge in [0.1, 0.15) is 0 Å². The molecule has 110 valence electrons. The summed E-state index contributed by atoms with van der Waals surface area (Å²) in [6, 6.07) is 8.31. The lowest BCUT2D eigenvalue weighted by atomic mass is 10.00. The van der Waals surface area contributed by atoms with Gasteiger partial charge in [0.2, 0.25) is 0 Å². The molecule has 2 aliphatic rings. The van der Waals surface area contributed by atoms with E-state index in [-0.39, 0.29) is 5.91 Å². The first-order valence-electron chi connectivity index (χ1n) is 7.39. The fourth-order valence-electron chi connectivity index (χ4n) is 3.57. The van der Waals surface area contributed by atoms with Crippen molar-refractivity contribution in [3.8, 4) is 0 Å². The Morgan fingerprint density at radius 3 is 3.00 bits per heavy atom. The summed E-state index contributed by atoms with van der Waals surface area (Å²) in [7, 11) is 0. The van der Waals surface area contributed by atoms with Gasteiger partial charge in [-0.2, -0.15) is 0 Å². The third kappa shape index (κ3) is 2.51. The van der Waals surface area contributed by atoms with E-state index < -0.39 is 0 Å². The van der Waals surface area contributed by atoms with Crippen LogP contribution in [0.25, 0.3) is 0 Å². The molecule has 4 rings (SSSR count). The van der Waals surface area contributed by atoms with Gasteiger partial charge in [0.15, 0.2) is 5.76 Å². The van der Waals surface area contributed by atoms with Crippen molar-refractivity contribution in [1.82, 2.24) is 9.80 Å². The van der Waals surface area contributed by atoms with E-state index in [1.807, 2.05) is 16.2 Å². The zero-order valence-corrected chi connectivity index (χ0v) is 12.6. The Labute approximate surface area is 128 Å². The van der Waals surface area contributed by atoms with E-state index in [1.54, 1.807) is 18.4 Å². The number of likely N-dealkylation sites (tertiary alicyclic amines) is 2. The minimum absolute atomic E-state index is 0.0349. The Hall–Kier alpha value is -1.59. The molecule has 0 saturated carbocycles. The molecule has 2 aromatic heterocycles. The minimum Gasteiger partial charge on any atom is -0.459 e. The molecule has 2 fully saturated rings. The van der Waals surface area contributed by atoms with Crippen molar-refractivity contribution in [2.75, 3.05) is 19.6 Å². The standard InChI is InChI=1S/C16H18N2O2S/c19-16(15-4-1-5-20-15)18-9-12-7-13(10-18)17(8-12)11-14-3-2-6-21-14/h1-6,12-13H,7-11H2. The number of furan rings is 1. The summed E-state index contributed by atoms with van der Waals surface area (Å²) in [5.41, 5.74) is 0. The normalized spacial score (nSPS) is 25.4. The molecule has 2 atom stereocenters. The third-order valence-electron chi connectivity index (χ3n) is 4.48. The lowest BCUT2D eigenvalue weighted by molar-refractivity contribution is 0.0636. The molecule has 0 N–H and O–H groups in total. The first kappa shape index (κ1) is 13.1. The van der Waals surface area contributed by atoms with Crippen LogP contribution >= 0.6 is 11.3 Å². The van der Waals surface area contributed by atoms with Crippen LogP contribution in [-0.2, 0) is 6.54 Å². The van der Waals surface area contributed by atoms with Crippen LogP contribution in [-0.4, -0.2) is 41.4 Å². The Morgan fingerprint density at radius 2 is 2.24 bits per heavy atom. The number of amides is 1. The molecule has 2 bridgehead atoms. The number of piperidine rings is 1. The van der Waals surface area contributed by atoms with E-state index in [4.69, 9.17) is 4.42 Å². The van der Waals surface area contributed by atoms with E-state index in [2.05, 4.69) is 22.4 Å². The van der Waals surface area contributed by atoms with E-state index in [1.165, 1.54) is 11.3 Å². The highest BCUT2D eigenvalue weighted by atomic mass is 32.1. The van der Waals surface area contributed by atoms with Crippen molar-refractivity contribution in [2.45, 2.75) is 19.0 Å². The van der Waals surface area contributed by atoms with Crippen molar-refractivity contribution in [2.24, 2.45) is 5.92 Å². The fourth-order valence-corrected chi connectivity index (χ4v) is 4.30. The molecule has 2 aliphatic heterocycles. The molecule has 2 unspecified atom stereocenters. The number of thiophene rings is 1. The summed E-state index contributed by atoms with van der Waals surface area (Å²) in [6.07, 6.45) is 2.78. The van der Waals surface area contributed by atoms with Crippen molar-refractivity contribution in [3.63, 3.8) is 0 Å². The molecule has 1 amide bonds. The van der Waals surface area contributed by atoms with Gasteiger partial charge in [-0.15, -0.1) is 11.3 Å². The average molecular weight is 302 g/mol. The Bertz CT molecular complexity index is 608. The molecular weight excluding hydrogens is 284 g/mol. The second kappa shape index (κ2) is 5.31. The van der Waals surface area contributed by atoms with Gasteiger partial charge in [0.25, 0.3) is 5.91 Å². The van der Waals surface area contributed by atoms with Gasteiger partial charge in [-0.05, 0) is 35.9 Å². The summed E-state index contributed by atoms with van der Waals surface area (Å²) in [5.74, 6) is 1.09. The molecule has 5 heteroatoms. The second-order valence-corrected chi connectivity index (χ2v) is 6.98. The topological polar surface area (TPSA) is 36.7 Å². The monoisotopic (exact) mass is 302 g/mol. The highest BCUT2D eigenvalue weighted by Crippen LogP contribution is 2.32. The first-order chi connectivity index (χ1) is 10.3. The van der Waals surface area contributed by atoms with Gasteiger partial charge < -0.3 is 9.32 Å². The summed E-state index contributed by atoms with van der Waals surface area (Å²) in [4.78, 5) is 18.3. The van der Waals surface area contributed by atoms with E-state index in [0.29, 0.717) is 17.7 Å². The summed E-state index contributed by atoms with van der Waals surface area (Å²) >= 11 is 1.81. The predicted molar refractivity (Wildman–Crippen MR) is 81.2 cm³/mol. The number of hydrogen-bond donors (Lipinski definition) is 0. The van der Waals surface area contributed by atoms with Crippen LogP contribution in [0.3, 0.4) is 0 Å². The summed E-state index contributed by atoms with van der Waals surface area (Å²) < 4.78 is 5.25. The highest BCUT2D eigenvalue weighted by molar-refractivity contribution is 7.09. The van der Waals surface area contributed by atoms with Crippen LogP contribution in [0.5, 0.6) is 0 Å². The molecule has 0 aliphatic carbocycles. The Balaban J connectivity index is 1.45. The van der Waals surface area contributed by atoms with Crippen molar-refractivity contribution in [1.29, 1.82) is 0 Å². The maximum Gasteiger partial charge on any atom is 0.289 e. The van der Waals surface area contributed by atoms with Crippen molar-refractivity contribution in [3.05, 3.63) is 46.5 Å². The Kier molecular flexibility index (Phi) is 3.31. The molecule has 0 radical (unpaired) electrons. The predicted octanol–water partition coefficient (Wildman–Crippen LogP) is 2.69. The van der Waals surface area contributed by atoms with E-state index in [0.717, 1.165) is 26.2 Å². The Morgan fingerprint density at radius 1 is 1.29 bits per heavy atom. The zero-order chi connectivity index (χ0) is 14.2. The van der Waals surface area contributed by atoms with Gasteiger partial charge in [0, 0.05) is 37.1 Å². The lowest BCUT2D eigenvalue weighted by Gasteiger charge is -2.32. The smallest absolute Gasteiger partial charge is 0.289 e. The van der Waals surface area contributed by atoms with Gasteiger partial charge in [-0.25, -0.2) is 0 Å². The van der Waals surface area contributed by atoms with Crippen LogP contribution in [0, 0.1) is 5.92 Å². The van der Waals surface area contributed by atoms with E-state index >= 15 is 0 Å². The third-order valence-corrected chi connectivity index (χ3v) is 5.34. The van der Waals surface area contributed by atoms with Crippen molar-refractivity contribution < 1.29 is 9.21 Å². The second-order valence-electron chi connectivity index (χ2n) is 5.95. The molecule has 21 heavy (non-hydrogen) atoms. The van der Waals surface area contributed by atoms with Gasteiger partial charge in [0.05, 0.1) is 6.26 Å². The van der Waals surface area contributed by atoms with Crippen LogP contribution < -0.4 is 0 Å². The number of hydrogen-bond acceptors (Lipinski definition) is 4. The number of carbonyl (C=O) groups is 1. The summed E-state index contributed by atoms with van der Waals surface area (Å²) in [5, 5.41) is 2.13. The molecule has 0 aromatic carbocycles. The number of carbonyl (C=O) groups excluding carboxylic acids is 1. The highest BCUT2D eigenvalue weighted by Gasteiger charge is 2.40. The van der Waals surface area contributed by atoms with Crippen LogP contribution in [0.4, 0.5) is 0 Å². The largest absolute Gasteiger partial charge is 0.459 e. The van der Waals surface area contributed by atoms with Gasteiger partial charge in [-0.1, -0.05) is 6.07 Å². The number of rotatable bonds is 3. The lowest BCUT2D eigenvalue weighted by Crippen LogP contribution is -2.45. The van der Waals surface area contributed by atoms with E-state index in [9.17, 15) is 4.79 Å². The van der Waals surface area contributed by atoms with Crippen LogP contribution in [0.15, 0.2) is 40.3 Å². The molecule has 2 aromatic rings.